The number of hydrogen-bond donors (Lipinski definition) is 1. The van der Waals surface area contributed by atoms with E-state index in [4.69, 9.17) is 11.6 Å². The molecule has 0 aliphatic carbocycles. The van der Waals surface area contributed by atoms with Crippen molar-refractivity contribution in [3.63, 3.8) is 0 Å². The van der Waals surface area contributed by atoms with Crippen LogP contribution < -0.4 is 5.32 Å². The average molecular weight is 340 g/mol. The number of fused-ring (bicyclic) bond motifs is 1. The highest BCUT2D eigenvalue weighted by Gasteiger charge is 2.40. The molecule has 23 heavy (non-hydrogen) atoms. The van der Waals surface area contributed by atoms with E-state index < -0.39 is 0 Å². The standard InChI is InChI=1S/C16H19ClFN3O2/c1-10(22)19-13-5-14-8-20(9-16(23)21(14)7-13)6-11-2-3-12(18)4-15(11)17/h2-4,13-14H,5-9H2,1H3,(H,19,22)/t13-,14-/m0/s1. The summed E-state index contributed by atoms with van der Waals surface area (Å²) in [5.41, 5.74) is 0.811. The Morgan fingerprint density at radius 3 is 2.91 bits per heavy atom. The molecule has 2 fully saturated rings. The fourth-order valence-electron chi connectivity index (χ4n) is 3.44. The fourth-order valence-corrected chi connectivity index (χ4v) is 3.67. The molecular weight excluding hydrogens is 321 g/mol. The number of rotatable bonds is 3. The van der Waals surface area contributed by atoms with Gasteiger partial charge < -0.3 is 10.2 Å². The lowest BCUT2D eigenvalue weighted by Crippen LogP contribution is -2.53. The van der Waals surface area contributed by atoms with Gasteiger partial charge in [0.1, 0.15) is 5.82 Å². The van der Waals surface area contributed by atoms with Gasteiger partial charge in [0, 0.05) is 43.7 Å². The number of nitrogens with zero attached hydrogens (tertiary/aromatic N) is 2. The van der Waals surface area contributed by atoms with E-state index in [1.54, 1.807) is 6.07 Å². The quantitative estimate of drug-likeness (QED) is 0.905. The highest BCUT2D eigenvalue weighted by molar-refractivity contribution is 6.31. The first kappa shape index (κ1) is 16.2. The topological polar surface area (TPSA) is 52.7 Å². The van der Waals surface area contributed by atoms with Gasteiger partial charge in [0.15, 0.2) is 0 Å². The normalized spacial score (nSPS) is 24.7. The summed E-state index contributed by atoms with van der Waals surface area (Å²) < 4.78 is 13.1. The molecule has 2 aliphatic rings. The van der Waals surface area contributed by atoms with Gasteiger partial charge in [-0.15, -0.1) is 0 Å². The second kappa shape index (κ2) is 6.45. The third kappa shape index (κ3) is 3.64. The average Bonchev–Trinajstić information content (AvgIpc) is 2.84. The van der Waals surface area contributed by atoms with Crippen molar-refractivity contribution in [2.75, 3.05) is 19.6 Å². The van der Waals surface area contributed by atoms with Gasteiger partial charge in [-0.25, -0.2) is 4.39 Å². The smallest absolute Gasteiger partial charge is 0.237 e. The Kier molecular flexibility index (Phi) is 4.55. The zero-order valence-electron chi connectivity index (χ0n) is 12.9. The van der Waals surface area contributed by atoms with Crippen LogP contribution in [-0.4, -0.2) is 53.3 Å². The van der Waals surface area contributed by atoms with E-state index >= 15 is 0 Å². The molecule has 124 valence electrons. The molecule has 2 atom stereocenters. The van der Waals surface area contributed by atoms with Crippen LogP contribution in [0.25, 0.3) is 0 Å². The Hall–Kier alpha value is -1.66. The minimum atomic E-state index is -0.367. The summed E-state index contributed by atoms with van der Waals surface area (Å²) in [7, 11) is 0. The molecule has 3 rings (SSSR count). The van der Waals surface area contributed by atoms with Gasteiger partial charge in [-0.05, 0) is 24.1 Å². The maximum absolute atomic E-state index is 13.1. The monoisotopic (exact) mass is 339 g/mol. The molecule has 2 aliphatic heterocycles. The molecule has 2 amide bonds. The number of benzene rings is 1. The second-order valence-electron chi connectivity index (χ2n) is 6.24. The van der Waals surface area contributed by atoms with Crippen molar-refractivity contribution in [2.24, 2.45) is 0 Å². The summed E-state index contributed by atoms with van der Waals surface area (Å²) in [5, 5.41) is 3.26. The van der Waals surface area contributed by atoms with Crippen LogP contribution >= 0.6 is 11.6 Å². The maximum atomic E-state index is 13.1. The van der Waals surface area contributed by atoms with Gasteiger partial charge >= 0.3 is 0 Å². The van der Waals surface area contributed by atoms with Crippen LogP contribution in [0.1, 0.15) is 18.9 Å². The van der Waals surface area contributed by atoms with Crippen LogP contribution in [0.5, 0.6) is 0 Å². The third-order valence-electron chi connectivity index (χ3n) is 4.38. The first-order valence-electron chi connectivity index (χ1n) is 7.65. The van der Waals surface area contributed by atoms with Gasteiger partial charge in [0.05, 0.1) is 6.54 Å². The molecule has 5 nitrogen and oxygen atoms in total. The van der Waals surface area contributed by atoms with Crippen molar-refractivity contribution in [1.29, 1.82) is 0 Å². The molecule has 0 saturated carbocycles. The molecule has 0 unspecified atom stereocenters. The zero-order valence-corrected chi connectivity index (χ0v) is 13.6. The number of halogens is 2. The lowest BCUT2D eigenvalue weighted by Gasteiger charge is -2.37. The Balaban J connectivity index is 1.66. The number of nitrogens with one attached hydrogen (secondary N) is 1. The minimum Gasteiger partial charge on any atom is -0.352 e. The summed E-state index contributed by atoms with van der Waals surface area (Å²) >= 11 is 6.07. The molecule has 0 aromatic heterocycles. The molecule has 7 heteroatoms. The lowest BCUT2D eigenvalue weighted by molar-refractivity contribution is -0.138. The van der Waals surface area contributed by atoms with Crippen LogP contribution in [0.15, 0.2) is 18.2 Å². The van der Waals surface area contributed by atoms with Crippen LogP contribution in [0.2, 0.25) is 5.02 Å². The Morgan fingerprint density at radius 2 is 2.22 bits per heavy atom. The Labute approximate surface area is 139 Å². The van der Waals surface area contributed by atoms with Crippen molar-refractivity contribution in [3.8, 4) is 0 Å². The van der Waals surface area contributed by atoms with Gasteiger partial charge in [-0.2, -0.15) is 0 Å². The first-order valence-corrected chi connectivity index (χ1v) is 8.03. The van der Waals surface area contributed by atoms with E-state index in [1.165, 1.54) is 19.1 Å². The molecule has 0 bridgehead atoms. The summed E-state index contributed by atoms with van der Waals surface area (Å²) in [6.07, 6.45) is 0.763. The van der Waals surface area contributed by atoms with E-state index in [-0.39, 0.29) is 29.7 Å². The summed E-state index contributed by atoms with van der Waals surface area (Å²) in [6.45, 7) is 3.63. The summed E-state index contributed by atoms with van der Waals surface area (Å²) in [5.74, 6) is -0.377. The zero-order chi connectivity index (χ0) is 16.6. The number of amides is 2. The largest absolute Gasteiger partial charge is 0.352 e. The number of carbonyl (C=O) groups is 2. The molecule has 2 heterocycles. The highest BCUT2D eigenvalue weighted by Crippen LogP contribution is 2.26. The van der Waals surface area contributed by atoms with Crippen LogP contribution in [0, 0.1) is 5.82 Å². The SMILES string of the molecule is CC(=O)N[C@H]1C[C@H]2CN(Cc3ccc(F)cc3Cl)CC(=O)N2C1. The molecule has 0 radical (unpaired) electrons. The Bertz CT molecular complexity index is 640. The summed E-state index contributed by atoms with van der Waals surface area (Å²) in [6, 6.07) is 4.45. The van der Waals surface area contributed by atoms with E-state index in [0.29, 0.717) is 24.7 Å². The van der Waals surface area contributed by atoms with E-state index in [1.807, 2.05) is 9.80 Å². The van der Waals surface area contributed by atoms with E-state index in [2.05, 4.69) is 5.32 Å². The molecular formula is C16H19ClFN3O2. The minimum absolute atomic E-state index is 0.0239. The van der Waals surface area contributed by atoms with Gasteiger partial charge in [0.25, 0.3) is 0 Å². The fraction of sp³-hybridized carbons (Fsp3) is 0.500. The van der Waals surface area contributed by atoms with Crippen molar-refractivity contribution in [3.05, 3.63) is 34.6 Å². The van der Waals surface area contributed by atoms with Crippen LogP contribution in [0.4, 0.5) is 4.39 Å². The number of piperazine rings is 1. The predicted molar refractivity (Wildman–Crippen MR) is 84.4 cm³/mol. The van der Waals surface area contributed by atoms with Crippen LogP contribution in [-0.2, 0) is 16.1 Å². The second-order valence-corrected chi connectivity index (χ2v) is 6.65. The summed E-state index contributed by atoms with van der Waals surface area (Å²) in [4.78, 5) is 27.4. The first-order chi connectivity index (χ1) is 10.9. The molecule has 2 saturated heterocycles. The van der Waals surface area contributed by atoms with Crippen molar-refractivity contribution in [2.45, 2.75) is 32.0 Å². The molecule has 1 N–H and O–H groups in total. The van der Waals surface area contributed by atoms with E-state index in [0.717, 1.165) is 18.5 Å². The van der Waals surface area contributed by atoms with Crippen molar-refractivity contribution in [1.82, 2.24) is 15.1 Å². The number of hydrogen-bond acceptors (Lipinski definition) is 3. The predicted octanol–water partition coefficient (Wildman–Crippen LogP) is 1.40. The van der Waals surface area contributed by atoms with Crippen molar-refractivity contribution < 1.29 is 14.0 Å². The van der Waals surface area contributed by atoms with Gasteiger partial charge in [-0.1, -0.05) is 17.7 Å². The van der Waals surface area contributed by atoms with Crippen LogP contribution in [0.3, 0.4) is 0 Å². The maximum Gasteiger partial charge on any atom is 0.237 e. The molecule has 0 spiro atoms. The van der Waals surface area contributed by atoms with Gasteiger partial charge in [-0.3, -0.25) is 14.5 Å². The number of carbonyl (C=O) groups excluding carboxylic acids is 2. The highest BCUT2D eigenvalue weighted by atomic mass is 35.5. The van der Waals surface area contributed by atoms with Gasteiger partial charge in [0.2, 0.25) is 11.8 Å². The van der Waals surface area contributed by atoms with Crippen molar-refractivity contribution >= 4 is 23.4 Å². The molecule has 1 aromatic carbocycles. The van der Waals surface area contributed by atoms with E-state index in [9.17, 15) is 14.0 Å². The molecule has 1 aromatic rings. The third-order valence-corrected chi connectivity index (χ3v) is 4.73. The Morgan fingerprint density at radius 1 is 1.43 bits per heavy atom. The lowest BCUT2D eigenvalue weighted by atomic mass is 10.1.